The van der Waals surface area contributed by atoms with Gasteiger partial charge in [-0.25, -0.2) is 14.8 Å². The number of nitrogens with zero attached hydrogens (tertiary/aromatic N) is 3. The van der Waals surface area contributed by atoms with Crippen LogP contribution in [0.4, 0.5) is 5.95 Å². The second-order valence-corrected chi connectivity index (χ2v) is 3.24. The Morgan fingerprint density at radius 3 is 2.25 bits per heavy atom. The van der Waals surface area contributed by atoms with E-state index in [1.807, 2.05) is 4.90 Å². The third-order valence-corrected chi connectivity index (χ3v) is 2.08. The third kappa shape index (κ3) is 2.94. The van der Waals surface area contributed by atoms with E-state index in [-0.39, 0.29) is 36.4 Å². The molecule has 1 aliphatic rings. The van der Waals surface area contributed by atoms with Gasteiger partial charge in [0.25, 0.3) is 0 Å². The lowest BCUT2D eigenvalue weighted by Gasteiger charge is -2.36. The van der Waals surface area contributed by atoms with Crippen molar-refractivity contribution in [1.29, 1.82) is 0 Å². The van der Waals surface area contributed by atoms with E-state index in [1.165, 1.54) is 12.4 Å². The summed E-state index contributed by atoms with van der Waals surface area (Å²) in [4.78, 5) is 20.3. The zero-order valence-electron chi connectivity index (χ0n) is 8.24. The van der Waals surface area contributed by atoms with Crippen LogP contribution in [0.2, 0.25) is 0 Å². The van der Waals surface area contributed by atoms with E-state index in [2.05, 4.69) is 9.97 Å². The summed E-state index contributed by atoms with van der Waals surface area (Å²) in [6.07, 6.45) is 2.60. The number of aromatic nitrogens is 2. The van der Waals surface area contributed by atoms with Gasteiger partial charge in [-0.3, -0.25) is 0 Å². The van der Waals surface area contributed by atoms with Gasteiger partial charge in [-0.05, 0) is 0 Å². The Kier molecular flexibility index (Phi) is 5.43. The predicted octanol–water partition coefficient (Wildman–Crippen LogP) is 0.166. The van der Waals surface area contributed by atoms with Gasteiger partial charge in [0.15, 0.2) is 0 Å². The summed E-state index contributed by atoms with van der Waals surface area (Å²) >= 11 is 0. The zero-order chi connectivity index (χ0) is 10.1. The molecule has 8 heteroatoms. The summed E-state index contributed by atoms with van der Waals surface area (Å²) in [5.74, 6) is -0.478. The zero-order valence-corrected chi connectivity index (χ0v) is 9.87. The Morgan fingerprint density at radius 2 is 1.88 bits per heavy atom. The largest absolute Gasteiger partial charge is 0.478 e. The first-order valence-corrected chi connectivity index (χ1v) is 4.22. The maximum atomic E-state index is 10.5. The predicted molar refractivity (Wildman–Crippen MR) is 63.7 cm³/mol. The van der Waals surface area contributed by atoms with Crippen LogP contribution in [0.15, 0.2) is 12.4 Å². The second-order valence-electron chi connectivity index (χ2n) is 3.24. The Labute approximate surface area is 105 Å². The van der Waals surface area contributed by atoms with E-state index in [0.29, 0.717) is 5.95 Å². The topological polar surface area (TPSA) is 92.3 Å². The molecule has 1 aromatic heterocycles. The Bertz CT molecular complexity index is 354. The minimum Gasteiger partial charge on any atom is -0.478 e. The molecule has 6 nitrogen and oxygen atoms in total. The smallest absolute Gasteiger partial charge is 0.338 e. The van der Waals surface area contributed by atoms with Gasteiger partial charge >= 0.3 is 5.97 Å². The first-order chi connectivity index (χ1) is 6.66. The number of rotatable bonds is 2. The second kappa shape index (κ2) is 5.83. The fourth-order valence-electron chi connectivity index (χ4n) is 1.27. The van der Waals surface area contributed by atoms with Crippen molar-refractivity contribution in [3.05, 3.63) is 18.0 Å². The lowest BCUT2D eigenvalue weighted by molar-refractivity contribution is 0.0696. The van der Waals surface area contributed by atoms with E-state index in [9.17, 15) is 4.79 Å². The van der Waals surface area contributed by atoms with E-state index < -0.39 is 5.97 Å². The van der Waals surface area contributed by atoms with Crippen LogP contribution in [0.25, 0.3) is 0 Å². The Balaban J connectivity index is 0.00000112. The van der Waals surface area contributed by atoms with Gasteiger partial charge < -0.3 is 15.7 Å². The van der Waals surface area contributed by atoms with E-state index in [1.54, 1.807) is 0 Å². The minimum atomic E-state index is -1.02. The van der Waals surface area contributed by atoms with Gasteiger partial charge in [0.05, 0.1) is 5.56 Å². The molecule has 2 rings (SSSR count). The maximum Gasteiger partial charge on any atom is 0.338 e. The molecule has 90 valence electrons. The van der Waals surface area contributed by atoms with E-state index >= 15 is 0 Å². The average Bonchev–Trinajstić information content (AvgIpc) is 2.13. The maximum absolute atomic E-state index is 10.5. The normalized spacial score (nSPS) is 14.4. The SMILES string of the molecule is Cl.Cl.NC1CN(c2ncc(C(=O)O)cn2)C1. The molecule has 0 aliphatic carbocycles. The molecule has 1 saturated heterocycles. The number of hydrogen-bond donors (Lipinski definition) is 2. The van der Waals surface area contributed by atoms with Crippen LogP contribution in [0.5, 0.6) is 0 Å². The number of carboxylic acids is 1. The van der Waals surface area contributed by atoms with Crippen molar-refractivity contribution < 1.29 is 9.90 Å². The highest BCUT2D eigenvalue weighted by molar-refractivity contribution is 5.86. The highest BCUT2D eigenvalue weighted by atomic mass is 35.5. The van der Waals surface area contributed by atoms with Gasteiger partial charge in [0.2, 0.25) is 5.95 Å². The lowest BCUT2D eigenvalue weighted by atomic mass is 10.1. The van der Waals surface area contributed by atoms with Crippen LogP contribution >= 0.6 is 24.8 Å². The van der Waals surface area contributed by atoms with Crippen molar-refractivity contribution in [2.24, 2.45) is 5.73 Å². The molecular weight excluding hydrogens is 255 g/mol. The van der Waals surface area contributed by atoms with Gasteiger partial charge in [-0.15, -0.1) is 24.8 Å². The molecule has 1 fully saturated rings. The van der Waals surface area contributed by atoms with Crippen LogP contribution in [-0.4, -0.2) is 40.2 Å². The molecule has 0 atom stereocenters. The molecule has 0 aromatic carbocycles. The first kappa shape index (κ1) is 14.9. The molecule has 0 radical (unpaired) electrons. The monoisotopic (exact) mass is 266 g/mol. The summed E-state index contributed by atoms with van der Waals surface area (Å²) in [5, 5.41) is 8.61. The molecule has 0 saturated carbocycles. The van der Waals surface area contributed by atoms with Crippen molar-refractivity contribution >= 4 is 36.7 Å². The molecule has 2 heterocycles. The fraction of sp³-hybridized carbons (Fsp3) is 0.375. The van der Waals surface area contributed by atoms with Gasteiger partial charge in [0, 0.05) is 31.5 Å². The number of anilines is 1. The quantitative estimate of drug-likeness (QED) is 0.793. The van der Waals surface area contributed by atoms with E-state index in [4.69, 9.17) is 10.8 Å². The molecule has 0 spiro atoms. The number of halogens is 2. The molecule has 0 unspecified atom stereocenters. The fourth-order valence-corrected chi connectivity index (χ4v) is 1.27. The number of aromatic carboxylic acids is 1. The Morgan fingerprint density at radius 1 is 1.38 bits per heavy atom. The van der Waals surface area contributed by atoms with Crippen molar-refractivity contribution in [1.82, 2.24) is 9.97 Å². The van der Waals surface area contributed by atoms with Crippen molar-refractivity contribution in [2.75, 3.05) is 18.0 Å². The number of carboxylic acid groups (broad SMARTS) is 1. The summed E-state index contributed by atoms with van der Waals surface area (Å²) in [7, 11) is 0. The summed E-state index contributed by atoms with van der Waals surface area (Å²) < 4.78 is 0. The van der Waals surface area contributed by atoms with Gasteiger partial charge in [-0.2, -0.15) is 0 Å². The van der Waals surface area contributed by atoms with E-state index in [0.717, 1.165) is 13.1 Å². The van der Waals surface area contributed by atoms with Crippen LogP contribution in [-0.2, 0) is 0 Å². The van der Waals surface area contributed by atoms with Crippen LogP contribution in [0.1, 0.15) is 10.4 Å². The standard InChI is InChI=1S/C8H10N4O2.2ClH/c9-6-3-12(4-6)8-10-1-5(2-11-8)7(13)14;;/h1-2,6H,3-4,9H2,(H,13,14);2*1H. The first-order valence-electron chi connectivity index (χ1n) is 4.22. The van der Waals surface area contributed by atoms with Crippen LogP contribution < -0.4 is 10.6 Å². The molecule has 0 bridgehead atoms. The van der Waals surface area contributed by atoms with Crippen molar-refractivity contribution in [2.45, 2.75) is 6.04 Å². The number of nitrogens with two attached hydrogens (primary N) is 1. The number of hydrogen-bond acceptors (Lipinski definition) is 5. The third-order valence-electron chi connectivity index (χ3n) is 2.08. The average molecular weight is 267 g/mol. The highest BCUT2D eigenvalue weighted by Gasteiger charge is 2.25. The van der Waals surface area contributed by atoms with Crippen molar-refractivity contribution in [3.63, 3.8) is 0 Å². The number of carbonyl (C=O) groups is 1. The molecular formula is C8H12Cl2N4O2. The van der Waals surface area contributed by atoms with Crippen LogP contribution in [0.3, 0.4) is 0 Å². The molecule has 1 aromatic rings. The summed E-state index contributed by atoms with van der Waals surface area (Å²) in [6, 6.07) is 0.178. The molecule has 0 amide bonds. The lowest BCUT2D eigenvalue weighted by Crippen LogP contribution is -2.56. The summed E-state index contributed by atoms with van der Waals surface area (Å²) in [6.45, 7) is 1.46. The minimum absolute atomic E-state index is 0. The van der Waals surface area contributed by atoms with Crippen molar-refractivity contribution in [3.8, 4) is 0 Å². The van der Waals surface area contributed by atoms with Gasteiger partial charge in [-0.1, -0.05) is 0 Å². The van der Waals surface area contributed by atoms with Gasteiger partial charge in [0.1, 0.15) is 0 Å². The highest BCUT2D eigenvalue weighted by Crippen LogP contribution is 2.13. The Hall–Kier alpha value is -1.11. The summed E-state index contributed by atoms with van der Waals surface area (Å²) in [5.41, 5.74) is 5.69. The molecule has 16 heavy (non-hydrogen) atoms. The van der Waals surface area contributed by atoms with Crippen LogP contribution in [0, 0.1) is 0 Å². The molecule has 1 aliphatic heterocycles. The molecule has 3 N–H and O–H groups in total.